The molecule has 0 radical (unpaired) electrons. The maximum atomic E-state index is 5.43. The van der Waals surface area contributed by atoms with Crippen molar-refractivity contribution in [2.24, 2.45) is 0 Å². The number of likely N-dealkylation sites (N-methyl/N-ethyl adjacent to an activating group) is 1. The van der Waals surface area contributed by atoms with Crippen LogP contribution in [0, 0.1) is 0 Å². The topological polar surface area (TPSA) is 94.3 Å². The molecule has 5 aromatic rings. The first-order valence-corrected chi connectivity index (χ1v) is 12.5. The van der Waals surface area contributed by atoms with Crippen LogP contribution in [0.5, 0.6) is 11.5 Å². The lowest BCUT2D eigenvalue weighted by Crippen LogP contribution is -2.44. The van der Waals surface area contributed by atoms with Crippen molar-refractivity contribution in [3.05, 3.63) is 60.2 Å². The zero-order chi connectivity index (χ0) is 25.4. The predicted molar refractivity (Wildman–Crippen MR) is 148 cm³/mol. The van der Waals surface area contributed by atoms with Crippen molar-refractivity contribution >= 4 is 33.3 Å². The van der Waals surface area contributed by atoms with Gasteiger partial charge in [-0.3, -0.25) is 5.10 Å². The predicted octanol–water partition coefficient (Wildman–Crippen LogP) is 4.49. The van der Waals surface area contributed by atoms with Crippen molar-refractivity contribution in [1.29, 1.82) is 0 Å². The minimum absolute atomic E-state index is 0.652. The SMILES string of the molecule is COc1ccc(CNc2ccc3[nH]nc(-c4nc5ccc(N6CCN(C)CC6)cc5[nH]4)c3c2)cc1OC. The van der Waals surface area contributed by atoms with Gasteiger partial charge in [-0.1, -0.05) is 6.07 Å². The monoisotopic (exact) mass is 497 g/mol. The minimum Gasteiger partial charge on any atom is -0.493 e. The van der Waals surface area contributed by atoms with Crippen LogP contribution >= 0.6 is 0 Å². The highest BCUT2D eigenvalue weighted by molar-refractivity contribution is 5.95. The molecule has 6 rings (SSSR count). The van der Waals surface area contributed by atoms with Gasteiger partial charge in [0, 0.05) is 49.5 Å². The number of aromatic amines is 2. The molecule has 0 saturated carbocycles. The van der Waals surface area contributed by atoms with Crippen LogP contribution in [-0.2, 0) is 6.54 Å². The van der Waals surface area contributed by atoms with Crippen molar-refractivity contribution in [3.8, 4) is 23.0 Å². The lowest BCUT2D eigenvalue weighted by molar-refractivity contribution is 0.313. The number of nitrogens with zero attached hydrogens (tertiary/aromatic N) is 4. The van der Waals surface area contributed by atoms with E-state index in [9.17, 15) is 0 Å². The molecule has 3 aromatic carbocycles. The van der Waals surface area contributed by atoms with E-state index in [0.717, 1.165) is 82.4 Å². The number of hydrogen-bond acceptors (Lipinski definition) is 7. The van der Waals surface area contributed by atoms with E-state index < -0.39 is 0 Å². The van der Waals surface area contributed by atoms with Crippen LogP contribution < -0.4 is 19.7 Å². The number of benzene rings is 3. The van der Waals surface area contributed by atoms with Crippen LogP contribution in [0.25, 0.3) is 33.5 Å². The average molecular weight is 498 g/mol. The summed E-state index contributed by atoms with van der Waals surface area (Å²) < 4.78 is 10.8. The quantitative estimate of drug-likeness (QED) is 0.305. The van der Waals surface area contributed by atoms with Gasteiger partial charge in [0.05, 0.1) is 30.8 Å². The lowest BCUT2D eigenvalue weighted by Gasteiger charge is -2.34. The van der Waals surface area contributed by atoms with Crippen molar-refractivity contribution < 1.29 is 9.47 Å². The van der Waals surface area contributed by atoms with Crippen LogP contribution in [0.2, 0.25) is 0 Å². The second kappa shape index (κ2) is 9.67. The number of ether oxygens (including phenoxy) is 2. The van der Waals surface area contributed by atoms with Crippen molar-refractivity contribution in [2.45, 2.75) is 6.54 Å². The smallest absolute Gasteiger partial charge is 0.161 e. The Hall–Kier alpha value is -4.24. The molecule has 0 amide bonds. The Morgan fingerprint density at radius 2 is 1.73 bits per heavy atom. The van der Waals surface area contributed by atoms with Gasteiger partial charge in [0.2, 0.25) is 0 Å². The summed E-state index contributed by atoms with van der Waals surface area (Å²) in [5, 5.41) is 12.3. The van der Waals surface area contributed by atoms with E-state index in [4.69, 9.17) is 14.5 Å². The number of methoxy groups -OCH3 is 2. The minimum atomic E-state index is 0.652. The number of piperazine rings is 1. The Kier molecular flexibility index (Phi) is 6.05. The standard InChI is InChI=1S/C28H31N7O2/c1-34-10-12-35(13-11-34)20-6-8-23-24(16-20)31-28(30-23)27-21-15-19(5-7-22(21)32-33-27)29-17-18-4-9-25(36-2)26(14-18)37-3/h4-9,14-16,29H,10-13,17H2,1-3H3,(H,30,31)(H,32,33). The van der Waals surface area contributed by atoms with E-state index in [2.05, 4.69) is 61.6 Å². The molecule has 37 heavy (non-hydrogen) atoms. The molecule has 9 heteroatoms. The van der Waals surface area contributed by atoms with Gasteiger partial charge in [0.15, 0.2) is 17.3 Å². The highest BCUT2D eigenvalue weighted by atomic mass is 16.5. The molecular weight excluding hydrogens is 466 g/mol. The zero-order valence-corrected chi connectivity index (χ0v) is 21.3. The van der Waals surface area contributed by atoms with Gasteiger partial charge in [-0.25, -0.2) is 4.98 Å². The van der Waals surface area contributed by atoms with E-state index in [1.54, 1.807) is 14.2 Å². The highest BCUT2D eigenvalue weighted by Crippen LogP contribution is 2.31. The average Bonchev–Trinajstić information content (AvgIpc) is 3.55. The fourth-order valence-corrected chi connectivity index (χ4v) is 4.87. The van der Waals surface area contributed by atoms with Gasteiger partial charge in [0.25, 0.3) is 0 Å². The summed E-state index contributed by atoms with van der Waals surface area (Å²) in [6.07, 6.45) is 0. The Morgan fingerprint density at radius 1 is 0.892 bits per heavy atom. The molecule has 3 N–H and O–H groups in total. The summed E-state index contributed by atoms with van der Waals surface area (Å²) in [4.78, 5) is 13.1. The largest absolute Gasteiger partial charge is 0.493 e. The molecular formula is C28H31N7O2. The summed E-state index contributed by atoms with van der Waals surface area (Å²) >= 11 is 0. The van der Waals surface area contributed by atoms with Crippen LogP contribution in [0.15, 0.2) is 54.6 Å². The van der Waals surface area contributed by atoms with Crippen LogP contribution in [0.4, 0.5) is 11.4 Å². The number of nitrogens with one attached hydrogen (secondary N) is 3. The number of H-pyrrole nitrogens is 2. The summed E-state index contributed by atoms with van der Waals surface area (Å²) in [6, 6.07) is 18.6. The third-order valence-corrected chi connectivity index (χ3v) is 7.07. The second-order valence-electron chi connectivity index (χ2n) is 9.45. The maximum absolute atomic E-state index is 5.43. The number of fused-ring (bicyclic) bond motifs is 2. The summed E-state index contributed by atoms with van der Waals surface area (Å²) in [5.41, 5.74) is 7.05. The van der Waals surface area contributed by atoms with Crippen molar-refractivity contribution in [2.75, 3.05) is 57.7 Å². The molecule has 0 bridgehead atoms. The number of rotatable bonds is 7. The normalized spacial score (nSPS) is 14.4. The van der Waals surface area contributed by atoms with Crippen molar-refractivity contribution in [1.82, 2.24) is 25.1 Å². The first kappa shape index (κ1) is 23.2. The number of anilines is 2. The lowest BCUT2D eigenvalue weighted by atomic mass is 10.1. The fraction of sp³-hybridized carbons (Fsp3) is 0.286. The second-order valence-corrected chi connectivity index (χ2v) is 9.45. The molecule has 190 valence electrons. The molecule has 1 saturated heterocycles. The highest BCUT2D eigenvalue weighted by Gasteiger charge is 2.17. The first-order valence-electron chi connectivity index (χ1n) is 12.5. The number of aromatic nitrogens is 4. The molecule has 1 aliphatic rings. The molecule has 1 fully saturated rings. The molecule has 0 aliphatic carbocycles. The van der Waals surface area contributed by atoms with E-state index in [1.165, 1.54) is 5.69 Å². The molecule has 2 aromatic heterocycles. The van der Waals surface area contributed by atoms with E-state index in [-0.39, 0.29) is 0 Å². The third-order valence-electron chi connectivity index (χ3n) is 7.07. The zero-order valence-electron chi connectivity index (χ0n) is 21.3. The van der Waals surface area contributed by atoms with E-state index in [0.29, 0.717) is 6.54 Å². The summed E-state index contributed by atoms with van der Waals surface area (Å²) in [5.74, 6) is 2.20. The maximum Gasteiger partial charge on any atom is 0.161 e. The Labute approximate surface area is 215 Å². The van der Waals surface area contributed by atoms with Crippen LogP contribution in [-0.4, -0.2) is 72.5 Å². The summed E-state index contributed by atoms with van der Waals surface area (Å²) in [6.45, 7) is 4.87. The molecule has 0 atom stereocenters. The van der Waals surface area contributed by atoms with Gasteiger partial charge in [-0.05, 0) is 61.1 Å². The Bertz CT molecular complexity index is 1550. The number of hydrogen-bond donors (Lipinski definition) is 3. The fourth-order valence-electron chi connectivity index (χ4n) is 4.87. The molecule has 0 spiro atoms. The molecule has 0 unspecified atom stereocenters. The van der Waals surface area contributed by atoms with E-state index >= 15 is 0 Å². The van der Waals surface area contributed by atoms with Gasteiger partial charge in [0.1, 0.15) is 5.69 Å². The molecule has 3 heterocycles. The van der Waals surface area contributed by atoms with Gasteiger partial charge < -0.3 is 29.6 Å². The Morgan fingerprint density at radius 3 is 2.54 bits per heavy atom. The van der Waals surface area contributed by atoms with Gasteiger partial charge in [-0.2, -0.15) is 5.10 Å². The van der Waals surface area contributed by atoms with Crippen molar-refractivity contribution in [3.63, 3.8) is 0 Å². The van der Waals surface area contributed by atoms with Gasteiger partial charge >= 0.3 is 0 Å². The first-order chi connectivity index (χ1) is 18.1. The van der Waals surface area contributed by atoms with E-state index in [1.807, 2.05) is 30.3 Å². The summed E-state index contributed by atoms with van der Waals surface area (Å²) in [7, 11) is 5.46. The molecule has 1 aliphatic heterocycles. The Balaban J connectivity index is 1.25. The number of imidazole rings is 1. The van der Waals surface area contributed by atoms with Crippen LogP contribution in [0.1, 0.15) is 5.56 Å². The van der Waals surface area contributed by atoms with Crippen LogP contribution in [0.3, 0.4) is 0 Å². The van der Waals surface area contributed by atoms with Gasteiger partial charge in [-0.15, -0.1) is 0 Å². The molecule has 9 nitrogen and oxygen atoms in total. The third kappa shape index (κ3) is 4.53.